The van der Waals surface area contributed by atoms with E-state index in [1.54, 1.807) is 0 Å². The van der Waals surface area contributed by atoms with Crippen LogP contribution in [0.15, 0.2) is 0 Å². The van der Waals surface area contributed by atoms with Gasteiger partial charge in [0, 0.05) is 0 Å². The van der Waals surface area contributed by atoms with Gasteiger partial charge in [-0.25, -0.2) is 0 Å². The second-order valence-corrected chi connectivity index (χ2v) is 7.52. The second-order valence-electron chi connectivity index (χ2n) is 6.96. The number of amides is 1. The quantitative estimate of drug-likeness (QED) is 0.670. The van der Waals surface area contributed by atoms with Gasteiger partial charge in [0.05, 0.1) is 12.0 Å². The molecule has 0 saturated carbocycles. The van der Waals surface area contributed by atoms with E-state index in [1.165, 1.54) is 89.9 Å². The van der Waals surface area contributed by atoms with Gasteiger partial charge in [-0.1, -0.05) is 93.0 Å². The van der Waals surface area contributed by atoms with Gasteiger partial charge in [0.15, 0.2) is 0 Å². The predicted molar refractivity (Wildman–Crippen MR) is 103 cm³/mol. The van der Waals surface area contributed by atoms with Crippen molar-refractivity contribution in [3.8, 4) is 0 Å². The molecule has 0 atom stereocenters. The molecular formula is C19H37BrN2O. The largest absolute Gasteiger partial charge is 0.343 e. The normalized spacial score (nSPS) is 21.4. The van der Waals surface area contributed by atoms with Crippen LogP contribution < -0.4 is 5.32 Å². The predicted octanol–water partition coefficient (Wildman–Crippen LogP) is 5.23. The molecule has 1 amide bonds. The molecule has 0 aromatic carbocycles. The van der Waals surface area contributed by atoms with E-state index in [0.717, 1.165) is 13.1 Å². The molecule has 0 aromatic heterocycles. The Morgan fingerprint density at radius 1 is 0.696 bits per heavy atom. The first-order valence-electron chi connectivity index (χ1n) is 9.88. The Kier molecular flexibility index (Phi) is 14.1. The van der Waals surface area contributed by atoms with Crippen molar-refractivity contribution >= 4 is 21.8 Å². The highest BCUT2D eigenvalue weighted by atomic mass is 79.9. The second kappa shape index (κ2) is 15.4. The zero-order valence-electron chi connectivity index (χ0n) is 15.0. The van der Waals surface area contributed by atoms with Crippen LogP contribution in [0.5, 0.6) is 0 Å². The van der Waals surface area contributed by atoms with Crippen molar-refractivity contribution in [1.29, 1.82) is 0 Å². The molecule has 0 radical (unpaired) electrons. The van der Waals surface area contributed by atoms with Crippen molar-refractivity contribution in [2.24, 2.45) is 0 Å². The number of alkyl halides is 1. The van der Waals surface area contributed by atoms with Gasteiger partial charge in [0.25, 0.3) is 0 Å². The lowest BCUT2D eigenvalue weighted by molar-refractivity contribution is -0.119. The molecule has 0 aromatic rings. The summed E-state index contributed by atoms with van der Waals surface area (Å²) < 4.78 is 0. The number of carbonyl (C=O) groups is 1. The Morgan fingerprint density at radius 3 is 1.39 bits per heavy atom. The number of carbonyl (C=O) groups excluding carboxylic acids is 1. The lowest BCUT2D eigenvalue weighted by Gasteiger charge is -2.22. The summed E-state index contributed by atoms with van der Waals surface area (Å²) in [5, 5.41) is 3.41. The molecule has 1 fully saturated rings. The highest BCUT2D eigenvalue weighted by Crippen LogP contribution is 2.14. The molecule has 1 aliphatic rings. The topological polar surface area (TPSA) is 32.3 Å². The van der Waals surface area contributed by atoms with Crippen LogP contribution >= 0.6 is 15.9 Å². The van der Waals surface area contributed by atoms with Crippen molar-refractivity contribution in [2.45, 2.75) is 89.9 Å². The fourth-order valence-electron chi connectivity index (χ4n) is 3.31. The Bertz CT molecular complexity index is 269. The number of nitrogens with zero attached hydrogens (tertiary/aromatic N) is 1. The van der Waals surface area contributed by atoms with Gasteiger partial charge in [-0.2, -0.15) is 0 Å². The van der Waals surface area contributed by atoms with E-state index >= 15 is 0 Å². The van der Waals surface area contributed by atoms with Crippen LogP contribution in [-0.4, -0.2) is 35.9 Å². The molecular weight excluding hydrogens is 352 g/mol. The summed E-state index contributed by atoms with van der Waals surface area (Å²) >= 11 is 3.22. The lowest BCUT2D eigenvalue weighted by Crippen LogP contribution is -2.39. The van der Waals surface area contributed by atoms with Crippen molar-refractivity contribution in [1.82, 2.24) is 10.2 Å². The number of nitrogens with one attached hydrogen (secondary N) is 1. The Labute approximate surface area is 152 Å². The van der Waals surface area contributed by atoms with Gasteiger partial charge in [0.1, 0.15) is 0 Å². The van der Waals surface area contributed by atoms with E-state index in [1.807, 2.05) is 0 Å². The number of rotatable bonds is 3. The van der Waals surface area contributed by atoms with Crippen LogP contribution in [0.3, 0.4) is 0 Å². The van der Waals surface area contributed by atoms with Crippen molar-refractivity contribution in [3.63, 3.8) is 0 Å². The summed E-state index contributed by atoms with van der Waals surface area (Å²) in [6.45, 7) is 2.97. The molecule has 1 N–H and O–H groups in total. The van der Waals surface area contributed by atoms with Gasteiger partial charge >= 0.3 is 0 Å². The average molecular weight is 389 g/mol. The number of halogens is 1. The SMILES string of the molecule is O=C(CBr)NCN1CCCCCCCCCCCCCCCC1. The molecule has 4 heteroatoms. The van der Waals surface area contributed by atoms with Crippen molar-refractivity contribution in [2.75, 3.05) is 25.1 Å². The maximum absolute atomic E-state index is 11.4. The summed E-state index contributed by atoms with van der Waals surface area (Å²) in [6, 6.07) is 0. The molecule has 136 valence electrons. The minimum absolute atomic E-state index is 0.0911. The molecule has 1 aliphatic heterocycles. The van der Waals surface area contributed by atoms with E-state index in [2.05, 4.69) is 26.1 Å². The maximum atomic E-state index is 11.4. The summed E-state index contributed by atoms with van der Waals surface area (Å²) in [4.78, 5) is 13.9. The van der Waals surface area contributed by atoms with Crippen LogP contribution in [0.2, 0.25) is 0 Å². The van der Waals surface area contributed by atoms with Crippen LogP contribution in [-0.2, 0) is 4.79 Å². The summed E-state index contributed by atoms with van der Waals surface area (Å²) in [6.07, 6.45) is 19.4. The number of hydrogen-bond donors (Lipinski definition) is 1. The highest BCUT2D eigenvalue weighted by molar-refractivity contribution is 9.09. The molecule has 1 rings (SSSR count). The van der Waals surface area contributed by atoms with Crippen LogP contribution in [0.1, 0.15) is 89.9 Å². The fourth-order valence-corrected chi connectivity index (χ4v) is 3.51. The number of hydrogen-bond acceptors (Lipinski definition) is 2. The highest BCUT2D eigenvalue weighted by Gasteiger charge is 2.07. The molecule has 0 bridgehead atoms. The summed E-state index contributed by atoms with van der Waals surface area (Å²) in [7, 11) is 0. The van der Waals surface area contributed by atoms with E-state index in [4.69, 9.17) is 0 Å². The minimum Gasteiger partial charge on any atom is -0.343 e. The Morgan fingerprint density at radius 2 is 1.04 bits per heavy atom. The van der Waals surface area contributed by atoms with Gasteiger partial charge in [-0.3, -0.25) is 9.69 Å². The van der Waals surface area contributed by atoms with Crippen LogP contribution in [0.4, 0.5) is 0 Å². The molecule has 0 unspecified atom stereocenters. The summed E-state index contributed by atoms with van der Waals surface area (Å²) in [5.74, 6) is 0.0911. The van der Waals surface area contributed by atoms with Gasteiger partial charge in [0.2, 0.25) is 5.91 Å². The Hall–Kier alpha value is -0.0900. The van der Waals surface area contributed by atoms with E-state index < -0.39 is 0 Å². The van der Waals surface area contributed by atoms with E-state index in [-0.39, 0.29) is 5.91 Å². The lowest BCUT2D eigenvalue weighted by atomic mass is 10.0. The van der Waals surface area contributed by atoms with Gasteiger partial charge in [-0.15, -0.1) is 0 Å². The first-order valence-corrected chi connectivity index (χ1v) is 11.0. The zero-order chi connectivity index (χ0) is 16.6. The fraction of sp³-hybridized carbons (Fsp3) is 0.947. The monoisotopic (exact) mass is 388 g/mol. The third-order valence-corrected chi connectivity index (χ3v) is 5.33. The standard InChI is InChI=1S/C19H37BrN2O/c20-17-19(23)21-18-22-15-13-11-9-7-5-3-1-2-4-6-8-10-12-14-16-22/h1-18H2,(H,21,23). The third kappa shape index (κ3) is 12.9. The van der Waals surface area contributed by atoms with E-state index in [0.29, 0.717) is 12.0 Å². The average Bonchev–Trinajstić information content (AvgIpc) is 2.57. The molecule has 1 saturated heterocycles. The van der Waals surface area contributed by atoms with Gasteiger partial charge in [-0.05, 0) is 25.9 Å². The van der Waals surface area contributed by atoms with Crippen molar-refractivity contribution < 1.29 is 4.79 Å². The van der Waals surface area contributed by atoms with Crippen LogP contribution in [0.25, 0.3) is 0 Å². The molecule has 23 heavy (non-hydrogen) atoms. The molecule has 0 spiro atoms. The van der Waals surface area contributed by atoms with Crippen LogP contribution in [0, 0.1) is 0 Å². The van der Waals surface area contributed by atoms with E-state index in [9.17, 15) is 4.79 Å². The zero-order valence-corrected chi connectivity index (χ0v) is 16.5. The molecule has 0 aliphatic carbocycles. The van der Waals surface area contributed by atoms with Gasteiger partial charge < -0.3 is 5.32 Å². The minimum atomic E-state index is 0.0911. The Balaban J connectivity index is 2.28. The molecule has 1 heterocycles. The summed E-state index contributed by atoms with van der Waals surface area (Å²) in [5.41, 5.74) is 0. The molecule has 3 nitrogen and oxygen atoms in total. The maximum Gasteiger partial charge on any atom is 0.231 e. The first-order chi connectivity index (χ1) is 11.3. The van der Waals surface area contributed by atoms with Crippen molar-refractivity contribution in [3.05, 3.63) is 0 Å². The smallest absolute Gasteiger partial charge is 0.231 e. The third-order valence-electron chi connectivity index (χ3n) is 4.82. The first kappa shape index (κ1) is 21.0.